The predicted molar refractivity (Wildman–Crippen MR) is 95.9 cm³/mol. The lowest BCUT2D eigenvalue weighted by atomic mass is 9.94. The fraction of sp³-hybridized carbons (Fsp3) is 0.176. The molecule has 1 aromatic rings. The highest BCUT2D eigenvalue weighted by molar-refractivity contribution is 6.67. The molecule has 0 bridgehead atoms. The SMILES string of the molecule is N=C/C(=C\C(=N)Cl)N/C=C\C(=N)NC(=O)C1(c2ccccc2F)CC1. The van der Waals surface area contributed by atoms with Crippen molar-refractivity contribution in [3.63, 3.8) is 0 Å². The summed E-state index contributed by atoms with van der Waals surface area (Å²) in [7, 11) is 0. The van der Waals surface area contributed by atoms with Gasteiger partial charge in [-0.15, -0.1) is 0 Å². The Morgan fingerprint density at radius 2 is 1.96 bits per heavy atom. The number of benzene rings is 1. The molecule has 25 heavy (non-hydrogen) atoms. The summed E-state index contributed by atoms with van der Waals surface area (Å²) in [5.74, 6) is -1.02. The lowest BCUT2D eigenvalue weighted by molar-refractivity contribution is -0.122. The molecule has 1 aliphatic rings. The van der Waals surface area contributed by atoms with Crippen molar-refractivity contribution in [1.82, 2.24) is 10.6 Å². The fourth-order valence-corrected chi connectivity index (χ4v) is 2.48. The Morgan fingerprint density at radius 1 is 1.28 bits per heavy atom. The van der Waals surface area contributed by atoms with Crippen molar-refractivity contribution in [3.05, 3.63) is 59.7 Å². The van der Waals surface area contributed by atoms with Crippen molar-refractivity contribution in [2.75, 3.05) is 0 Å². The van der Waals surface area contributed by atoms with Gasteiger partial charge in [-0.1, -0.05) is 29.8 Å². The summed E-state index contributed by atoms with van der Waals surface area (Å²) in [5, 5.41) is 26.9. The standard InChI is InChI=1S/C17H17ClFN5O/c18-14(21)9-11(10-20)23-8-5-15(22)24-16(25)17(6-7-17)12-3-1-2-4-13(12)19/h1-5,8-10,20-21,23H,6-7H2,(H2,22,24,25)/b8-5-,11-9+,20-10?,21-14?. The summed E-state index contributed by atoms with van der Waals surface area (Å²) in [5.41, 5.74) is -0.315. The van der Waals surface area contributed by atoms with Crippen LogP contribution in [-0.4, -0.2) is 23.1 Å². The van der Waals surface area contributed by atoms with Crippen LogP contribution >= 0.6 is 11.6 Å². The molecule has 1 amide bonds. The number of allylic oxidation sites excluding steroid dienone is 2. The van der Waals surface area contributed by atoms with E-state index in [1.54, 1.807) is 18.2 Å². The van der Waals surface area contributed by atoms with Gasteiger partial charge in [-0.3, -0.25) is 15.6 Å². The Bertz CT molecular complexity index is 783. The van der Waals surface area contributed by atoms with Gasteiger partial charge >= 0.3 is 0 Å². The van der Waals surface area contributed by atoms with Gasteiger partial charge in [-0.05, 0) is 31.1 Å². The Hall–Kier alpha value is -2.80. The summed E-state index contributed by atoms with van der Waals surface area (Å²) in [4.78, 5) is 12.4. The van der Waals surface area contributed by atoms with Gasteiger partial charge in [0.1, 0.15) is 16.8 Å². The van der Waals surface area contributed by atoms with Crippen LogP contribution in [0.25, 0.3) is 0 Å². The van der Waals surface area contributed by atoms with Crippen molar-refractivity contribution in [1.29, 1.82) is 16.2 Å². The molecule has 0 aromatic heterocycles. The lowest BCUT2D eigenvalue weighted by Gasteiger charge is -2.16. The minimum absolute atomic E-state index is 0.176. The van der Waals surface area contributed by atoms with Crippen LogP contribution in [0.2, 0.25) is 0 Å². The van der Waals surface area contributed by atoms with E-state index in [0.717, 1.165) is 6.21 Å². The summed E-state index contributed by atoms with van der Waals surface area (Å²) < 4.78 is 13.9. The van der Waals surface area contributed by atoms with Crippen LogP contribution in [0.3, 0.4) is 0 Å². The van der Waals surface area contributed by atoms with Crippen LogP contribution in [0.4, 0.5) is 4.39 Å². The number of carbonyl (C=O) groups is 1. The molecule has 0 radical (unpaired) electrons. The fourth-order valence-electron chi connectivity index (χ4n) is 2.36. The molecule has 0 heterocycles. The van der Waals surface area contributed by atoms with Gasteiger partial charge in [0.05, 0.1) is 11.1 Å². The largest absolute Gasteiger partial charge is 0.360 e. The molecule has 0 atom stereocenters. The quantitative estimate of drug-likeness (QED) is 0.380. The lowest BCUT2D eigenvalue weighted by Crippen LogP contribution is -2.38. The zero-order chi connectivity index (χ0) is 18.4. The van der Waals surface area contributed by atoms with Crippen LogP contribution in [-0.2, 0) is 10.2 Å². The maximum atomic E-state index is 13.9. The van der Waals surface area contributed by atoms with Crippen molar-refractivity contribution < 1.29 is 9.18 Å². The van der Waals surface area contributed by atoms with Crippen molar-refractivity contribution in [2.24, 2.45) is 0 Å². The molecule has 1 saturated carbocycles. The molecule has 0 saturated heterocycles. The van der Waals surface area contributed by atoms with Crippen molar-refractivity contribution in [3.8, 4) is 0 Å². The number of nitrogens with one attached hydrogen (secondary N) is 5. The van der Waals surface area contributed by atoms with E-state index in [9.17, 15) is 9.18 Å². The predicted octanol–water partition coefficient (Wildman–Crippen LogP) is 2.80. The van der Waals surface area contributed by atoms with Crippen molar-refractivity contribution >= 4 is 34.7 Å². The number of amides is 1. The zero-order valence-corrected chi connectivity index (χ0v) is 14.0. The molecule has 1 aliphatic carbocycles. The van der Waals surface area contributed by atoms with Gasteiger partial charge in [0.25, 0.3) is 0 Å². The Kier molecular flexibility index (Phi) is 5.82. The first-order chi connectivity index (χ1) is 11.9. The third-order valence-electron chi connectivity index (χ3n) is 3.76. The highest BCUT2D eigenvalue weighted by atomic mass is 35.5. The average Bonchev–Trinajstić information content (AvgIpc) is 3.35. The number of rotatable bonds is 7. The second-order valence-electron chi connectivity index (χ2n) is 5.50. The summed E-state index contributed by atoms with van der Waals surface area (Å²) in [6, 6.07) is 6.15. The molecule has 0 aliphatic heterocycles. The first-order valence-corrected chi connectivity index (χ1v) is 7.81. The van der Waals surface area contributed by atoms with Crippen LogP contribution in [0.1, 0.15) is 18.4 Å². The van der Waals surface area contributed by atoms with Gasteiger partial charge < -0.3 is 16.0 Å². The highest BCUT2D eigenvalue weighted by Gasteiger charge is 2.52. The molecule has 1 aromatic carbocycles. The first-order valence-electron chi connectivity index (χ1n) is 7.43. The van der Waals surface area contributed by atoms with Gasteiger partial charge in [0.2, 0.25) is 5.91 Å². The Balaban J connectivity index is 1.98. The number of halogens is 2. The highest BCUT2D eigenvalue weighted by Crippen LogP contribution is 2.49. The van der Waals surface area contributed by atoms with Crippen LogP contribution < -0.4 is 10.6 Å². The minimum Gasteiger partial charge on any atom is -0.360 e. The van der Waals surface area contributed by atoms with E-state index in [0.29, 0.717) is 18.4 Å². The van der Waals surface area contributed by atoms with E-state index in [1.165, 1.54) is 24.4 Å². The molecular formula is C17H17ClFN5O. The Morgan fingerprint density at radius 3 is 2.52 bits per heavy atom. The molecule has 130 valence electrons. The molecule has 6 nitrogen and oxygen atoms in total. The van der Waals surface area contributed by atoms with Gasteiger partial charge in [-0.25, -0.2) is 4.39 Å². The summed E-state index contributed by atoms with van der Waals surface area (Å²) >= 11 is 5.40. The van der Waals surface area contributed by atoms with Crippen LogP contribution in [0.15, 0.2) is 48.3 Å². The second-order valence-corrected chi connectivity index (χ2v) is 5.91. The third-order valence-corrected chi connectivity index (χ3v) is 3.87. The van der Waals surface area contributed by atoms with Crippen LogP contribution in [0.5, 0.6) is 0 Å². The normalized spacial score (nSPS) is 15.5. The molecule has 2 rings (SSSR count). The Labute approximate surface area is 149 Å². The minimum atomic E-state index is -0.910. The molecule has 0 unspecified atom stereocenters. The van der Waals surface area contributed by atoms with E-state index in [1.807, 2.05) is 0 Å². The molecule has 1 fully saturated rings. The number of hydrogen-bond donors (Lipinski definition) is 5. The van der Waals surface area contributed by atoms with E-state index < -0.39 is 17.1 Å². The zero-order valence-electron chi connectivity index (χ0n) is 13.2. The van der Waals surface area contributed by atoms with Crippen LogP contribution in [0, 0.1) is 22.0 Å². The van der Waals surface area contributed by atoms with Gasteiger partial charge in [-0.2, -0.15) is 0 Å². The molecular weight excluding hydrogens is 345 g/mol. The van der Waals surface area contributed by atoms with Crippen molar-refractivity contribution in [2.45, 2.75) is 18.3 Å². The van der Waals surface area contributed by atoms with Gasteiger partial charge in [0, 0.05) is 18.0 Å². The molecule has 0 spiro atoms. The summed E-state index contributed by atoms with van der Waals surface area (Å²) in [6.07, 6.45) is 5.87. The molecule has 5 N–H and O–H groups in total. The molecule has 8 heteroatoms. The summed E-state index contributed by atoms with van der Waals surface area (Å²) in [6.45, 7) is 0. The average molecular weight is 362 g/mol. The number of amidine groups is 1. The maximum Gasteiger partial charge on any atom is 0.236 e. The first kappa shape index (κ1) is 18.5. The topological polar surface area (TPSA) is 113 Å². The van der Waals surface area contributed by atoms with E-state index >= 15 is 0 Å². The number of hydrogen-bond acceptors (Lipinski definition) is 5. The maximum absolute atomic E-state index is 13.9. The van der Waals surface area contributed by atoms with Gasteiger partial charge in [0.15, 0.2) is 0 Å². The third kappa shape index (κ3) is 4.60. The second kappa shape index (κ2) is 7.85. The van der Waals surface area contributed by atoms with E-state index in [-0.39, 0.29) is 16.7 Å². The van der Waals surface area contributed by atoms with E-state index in [4.69, 9.17) is 27.8 Å². The smallest absolute Gasteiger partial charge is 0.236 e. The monoisotopic (exact) mass is 361 g/mol. The van der Waals surface area contributed by atoms with E-state index in [2.05, 4.69) is 10.6 Å². The number of carbonyl (C=O) groups excluding carboxylic acids is 1.